The Morgan fingerprint density at radius 1 is 0.652 bits per heavy atom. The van der Waals surface area contributed by atoms with Crippen LogP contribution >= 0.6 is 0 Å². The fourth-order valence-corrected chi connectivity index (χ4v) is 3.69. The fourth-order valence-electron chi connectivity index (χ4n) is 3.69. The lowest BCUT2D eigenvalue weighted by molar-refractivity contribution is -0.410. The van der Waals surface area contributed by atoms with Crippen molar-refractivity contribution >= 4 is 0 Å². The lowest BCUT2D eigenvalue weighted by Gasteiger charge is -2.47. The number of hydrogen-bond donors (Lipinski definition) is 2. The van der Waals surface area contributed by atoms with Crippen LogP contribution in [0.3, 0.4) is 0 Å². The molecular formula is C18H40N2O3. The van der Waals surface area contributed by atoms with Gasteiger partial charge in [0.15, 0.2) is 0 Å². The highest BCUT2D eigenvalue weighted by Gasteiger charge is 2.52. The van der Waals surface area contributed by atoms with Crippen LogP contribution in [0.15, 0.2) is 0 Å². The lowest BCUT2D eigenvalue weighted by Crippen LogP contribution is -2.54. The molecule has 0 heterocycles. The van der Waals surface area contributed by atoms with Crippen molar-refractivity contribution in [1.29, 1.82) is 0 Å². The van der Waals surface area contributed by atoms with Crippen LogP contribution < -0.4 is 11.5 Å². The first-order valence-corrected chi connectivity index (χ1v) is 9.17. The normalized spacial score (nSPS) is 14.9. The summed E-state index contributed by atoms with van der Waals surface area (Å²) in [6.45, 7) is 3.47. The average Bonchev–Trinajstić information content (AvgIpc) is 2.58. The average molecular weight is 333 g/mol. The summed E-state index contributed by atoms with van der Waals surface area (Å²) in [4.78, 5) is 0. The van der Waals surface area contributed by atoms with Crippen LogP contribution in [0.2, 0.25) is 0 Å². The zero-order chi connectivity index (χ0) is 17.6. The lowest BCUT2D eigenvalue weighted by atomic mass is 9.73. The molecule has 0 aromatic carbocycles. The second-order valence-electron chi connectivity index (χ2n) is 6.40. The standard InChI is InChI=1S/C18H40N2O3/c1-5-6-7-8-9-10-12-17(14-16-20,13-11-15-19)18(21-2,22-3)23-4/h5-16,19-20H2,1-4H3/t17-/m1/s1. The van der Waals surface area contributed by atoms with Crippen molar-refractivity contribution in [3.63, 3.8) is 0 Å². The molecule has 5 heteroatoms. The minimum absolute atomic E-state index is 0.260. The minimum Gasteiger partial charge on any atom is -0.330 e. The highest BCUT2D eigenvalue weighted by atomic mass is 16.9. The second-order valence-corrected chi connectivity index (χ2v) is 6.40. The molecule has 1 atom stereocenters. The van der Waals surface area contributed by atoms with Crippen LogP contribution in [0, 0.1) is 5.41 Å². The van der Waals surface area contributed by atoms with Crippen molar-refractivity contribution < 1.29 is 14.2 Å². The molecule has 0 aromatic rings. The molecule has 0 spiro atoms. The third-order valence-electron chi connectivity index (χ3n) is 4.95. The Morgan fingerprint density at radius 3 is 1.65 bits per heavy atom. The second kappa shape index (κ2) is 13.1. The minimum atomic E-state index is -1.05. The summed E-state index contributed by atoms with van der Waals surface area (Å²) in [6.07, 6.45) is 11.1. The Labute approximate surface area is 143 Å². The molecule has 0 aliphatic heterocycles. The van der Waals surface area contributed by atoms with E-state index < -0.39 is 5.97 Å². The van der Waals surface area contributed by atoms with E-state index in [0.717, 1.165) is 32.1 Å². The van der Waals surface area contributed by atoms with Crippen LogP contribution in [0.25, 0.3) is 0 Å². The monoisotopic (exact) mass is 332 g/mol. The summed E-state index contributed by atoms with van der Waals surface area (Å²) in [7, 11) is 4.92. The van der Waals surface area contributed by atoms with Gasteiger partial charge in [-0.15, -0.1) is 0 Å². The number of unbranched alkanes of at least 4 members (excludes halogenated alkanes) is 5. The van der Waals surface area contributed by atoms with Gasteiger partial charge in [-0.1, -0.05) is 45.4 Å². The molecule has 0 aromatic heterocycles. The number of nitrogens with two attached hydrogens (primary N) is 2. The molecule has 0 saturated carbocycles. The molecular weight excluding hydrogens is 292 g/mol. The molecule has 0 amide bonds. The van der Waals surface area contributed by atoms with Crippen LogP contribution in [0.5, 0.6) is 0 Å². The Morgan fingerprint density at radius 2 is 1.17 bits per heavy atom. The summed E-state index contributed by atoms with van der Waals surface area (Å²) >= 11 is 0. The Kier molecular flexibility index (Phi) is 13.0. The van der Waals surface area contributed by atoms with Crippen LogP contribution in [-0.2, 0) is 14.2 Å². The van der Waals surface area contributed by atoms with E-state index in [4.69, 9.17) is 25.7 Å². The molecule has 140 valence electrons. The molecule has 4 N–H and O–H groups in total. The number of methoxy groups -OCH3 is 3. The van der Waals surface area contributed by atoms with Crippen molar-refractivity contribution in [3.05, 3.63) is 0 Å². The van der Waals surface area contributed by atoms with E-state index in [0.29, 0.717) is 13.1 Å². The zero-order valence-corrected chi connectivity index (χ0v) is 15.9. The molecule has 0 unspecified atom stereocenters. The number of rotatable bonds is 16. The predicted octanol–water partition coefficient (Wildman–Crippen LogP) is 3.40. The van der Waals surface area contributed by atoms with Crippen molar-refractivity contribution in [2.45, 2.75) is 77.1 Å². The molecule has 0 fully saturated rings. The summed E-state index contributed by atoms with van der Waals surface area (Å²) in [5.74, 6) is -1.05. The van der Waals surface area contributed by atoms with E-state index >= 15 is 0 Å². The first-order valence-electron chi connectivity index (χ1n) is 9.17. The van der Waals surface area contributed by atoms with Gasteiger partial charge in [-0.3, -0.25) is 0 Å². The van der Waals surface area contributed by atoms with Crippen molar-refractivity contribution in [1.82, 2.24) is 0 Å². The maximum absolute atomic E-state index is 5.92. The summed E-state index contributed by atoms with van der Waals surface area (Å²) in [5, 5.41) is 0. The topological polar surface area (TPSA) is 79.7 Å². The van der Waals surface area contributed by atoms with Gasteiger partial charge in [-0.05, 0) is 38.8 Å². The van der Waals surface area contributed by atoms with Gasteiger partial charge in [0.2, 0.25) is 0 Å². The van der Waals surface area contributed by atoms with Crippen molar-refractivity contribution in [2.75, 3.05) is 34.4 Å². The van der Waals surface area contributed by atoms with Crippen LogP contribution in [-0.4, -0.2) is 40.4 Å². The van der Waals surface area contributed by atoms with Gasteiger partial charge in [-0.25, -0.2) is 0 Å². The molecule has 23 heavy (non-hydrogen) atoms. The van der Waals surface area contributed by atoms with Gasteiger partial charge in [0, 0.05) is 21.3 Å². The van der Waals surface area contributed by atoms with Crippen LogP contribution in [0.4, 0.5) is 0 Å². The highest BCUT2D eigenvalue weighted by Crippen LogP contribution is 2.47. The molecule has 0 aliphatic carbocycles. The number of ether oxygens (including phenoxy) is 3. The van der Waals surface area contributed by atoms with Gasteiger partial charge in [0.25, 0.3) is 5.97 Å². The van der Waals surface area contributed by atoms with Crippen LogP contribution in [0.1, 0.15) is 71.1 Å². The largest absolute Gasteiger partial charge is 0.330 e. The molecule has 0 bridgehead atoms. The Bertz CT molecular complexity index is 265. The molecule has 0 radical (unpaired) electrons. The Balaban J connectivity index is 5.00. The Hall–Kier alpha value is -0.200. The summed E-state index contributed by atoms with van der Waals surface area (Å²) in [5.41, 5.74) is 11.4. The first-order chi connectivity index (χ1) is 11.1. The van der Waals surface area contributed by atoms with E-state index in [1.807, 2.05) is 0 Å². The highest BCUT2D eigenvalue weighted by molar-refractivity contribution is 4.89. The van der Waals surface area contributed by atoms with Gasteiger partial charge in [-0.2, -0.15) is 0 Å². The maximum Gasteiger partial charge on any atom is 0.288 e. The predicted molar refractivity (Wildman–Crippen MR) is 96.1 cm³/mol. The zero-order valence-electron chi connectivity index (χ0n) is 15.9. The number of hydrogen-bond acceptors (Lipinski definition) is 5. The fraction of sp³-hybridized carbons (Fsp3) is 1.00. The van der Waals surface area contributed by atoms with Gasteiger partial charge in [0.1, 0.15) is 0 Å². The van der Waals surface area contributed by atoms with E-state index in [1.54, 1.807) is 21.3 Å². The van der Waals surface area contributed by atoms with E-state index in [2.05, 4.69) is 6.92 Å². The quantitative estimate of drug-likeness (QED) is 0.334. The molecule has 0 rings (SSSR count). The van der Waals surface area contributed by atoms with E-state index in [9.17, 15) is 0 Å². The molecule has 0 aliphatic rings. The maximum atomic E-state index is 5.92. The van der Waals surface area contributed by atoms with E-state index in [1.165, 1.54) is 32.1 Å². The molecule has 5 nitrogen and oxygen atoms in total. The summed E-state index contributed by atoms with van der Waals surface area (Å²) < 4.78 is 17.1. The van der Waals surface area contributed by atoms with Gasteiger partial charge >= 0.3 is 0 Å². The van der Waals surface area contributed by atoms with Gasteiger partial charge in [0.05, 0.1) is 5.41 Å². The molecule has 0 saturated heterocycles. The smallest absolute Gasteiger partial charge is 0.288 e. The first kappa shape index (κ1) is 22.8. The third kappa shape index (κ3) is 6.67. The third-order valence-corrected chi connectivity index (χ3v) is 4.95. The van der Waals surface area contributed by atoms with Crippen molar-refractivity contribution in [3.8, 4) is 0 Å². The van der Waals surface area contributed by atoms with E-state index in [-0.39, 0.29) is 5.41 Å². The SMILES string of the molecule is CCCCCCCC[C@](CCN)(CCCN)C(OC)(OC)OC. The van der Waals surface area contributed by atoms with Crippen molar-refractivity contribution in [2.24, 2.45) is 16.9 Å². The summed E-state index contributed by atoms with van der Waals surface area (Å²) in [6, 6.07) is 0. The van der Waals surface area contributed by atoms with Gasteiger partial charge < -0.3 is 25.7 Å².